The van der Waals surface area contributed by atoms with Crippen molar-refractivity contribution in [1.29, 1.82) is 0 Å². The third kappa shape index (κ3) is 5.31. The monoisotopic (exact) mass is 403 g/mol. The van der Waals surface area contributed by atoms with Crippen molar-refractivity contribution < 1.29 is 19.0 Å². The van der Waals surface area contributed by atoms with Crippen LogP contribution in [0.5, 0.6) is 0 Å². The van der Waals surface area contributed by atoms with Gasteiger partial charge in [-0.2, -0.15) is 0 Å². The minimum absolute atomic E-state index is 0.0568. The number of amides is 1. The second-order valence-corrected chi connectivity index (χ2v) is 6.87. The molecule has 1 aliphatic rings. The van der Waals surface area contributed by atoms with Gasteiger partial charge in [0.1, 0.15) is 5.69 Å². The zero-order valence-corrected chi connectivity index (χ0v) is 17.3. The van der Waals surface area contributed by atoms with Crippen LogP contribution in [0.2, 0.25) is 0 Å². The molecule has 0 spiro atoms. The number of aromatic nitrogens is 3. The topological polar surface area (TPSA) is 82.0 Å². The smallest absolute Gasteiger partial charge is 0.270 e. The van der Waals surface area contributed by atoms with E-state index in [1.54, 1.807) is 31.5 Å². The fraction of sp³-hybridized carbons (Fsp3) is 0.550. The highest BCUT2D eigenvalue weighted by Gasteiger charge is 2.20. The molecule has 0 atom stereocenters. The standard InChI is InChI=1S/C20H29N5O4/c1-23-15-16(12-18(23)19(26)24(4-8-27-2)5-9-28-3)17-13-21-20(22-14-17)25-6-10-29-11-7-25/h12-15H,4-11H2,1-3H3. The van der Waals surface area contributed by atoms with E-state index in [0.29, 0.717) is 51.2 Å². The van der Waals surface area contributed by atoms with Gasteiger partial charge < -0.3 is 28.6 Å². The summed E-state index contributed by atoms with van der Waals surface area (Å²) in [6, 6.07) is 1.88. The van der Waals surface area contributed by atoms with Crippen molar-refractivity contribution >= 4 is 11.9 Å². The van der Waals surface area contributed by atoms with E-state index in [-0.39, 0.29) is 5.91 Å². The van der Waals surface area contributed by atoms with Crippen molar-refractivity contribution in [2.45, 2.75) is 0 Å². The Labute approximate surface area is 171 Å². The van der Waals surface area contributed by atoms with E-state index in [4.69, 9.17) is 14.2 Å². The maximum absolute atomic E-state index is 13.0. The lowest BCUT2D eigenvalue weighted by atomic mass is 10.2. The van der Waals surface area contributed by atoms with E-state index in [9.17, 15) is 4.79 Å². The van der Waals surface area contributed by atoms with Crippen molar-refractivity contribution in [1.82, 2.24) is 19.4 Å². The van der Waals surface area contributed by atoms with Crippen LogP contribution in [0.3, 0.4) is 0 Å². The van der Waals surface area contributed by atoms with Gasteiger partial charge in [0.2, 0.25) is 5.95 Å². The predicted molar refractivity (Wildman–Crippen MR) is 109 cm³/mol. The Morgan fingerprint density at radius 2 is 1.72 bits per heavy atom. The average Bonchev–Trinajstić information content (AvgIpc) is 3.16. The summed E-state index contributed by atoms with van der Waals surface area (Å²) in [5.74, 6) is 0.647. The highest BCUT2D eigenvalue weighted by molar-refractivity contribution is 5.94. The molecule has 0 bridgehead atoms. The molecule has 0 unspecified atom stereocenters. The van der Waals surface area contributed by atoms with Gasteiger partial charge in [-0.1, -0.05) is 0 Å². The molecule has 0 radical (unpaired) electrons. The second-order valence-electron chi connectivity index (χ2n) is 6.87. The second kappa shape index (κ2) is 10.3. The molecule has 1 saturated heterocycles. The highest BCUT2D eigenvalue weighted by Crippen LogP contribution is 2.22. The summed E-state index contributed by atoms with van der Waals surface area (Å²) in [7, 11) is 5.12. The quantitative estimate of drug-likeness (QED) is 0.619. The Bertz CT molecular complexity index is 779. The van der Waals surface area contributed by atoms with Crippen molar-refractivity contribution in [3.05, 3.63) is 30.4 Å². The molecule has 1 amide bonds. The number of hydrogen-bond acceptors (Lipinski definition) is 7. The molecule has 2 aromatic rings. The number of hydrogen-bond donors (Lipinski definition) is 0. The van der Waals surface area contributed by atoms with Gasteiger partial charge in [0.25, 0.3) is 5.91 Å². The van der Waals surface area contributed by atoms with Gasteiger partial charge >= 0.3 is 0 Å². The van der Waals surface area contributed by atoms with Crippen LogP contribution < -0.4 is 4.90 Å². The summed E-state index contributed by atoms with van der Waals surface area (Å²) in [6.45, 7) is 4.94. The number of rotatable bonds is 9. The largest absolute Gasteiger partial charge is 0.383 e. The molecule has 1 fully saturated rings. The summed E-state index contributed by atoms with van der Waals surface area (Å²) >= 11 is 0. The van der Waals surface area contributed by atoms with Gasteiger partial charge in [0.15, 0.2) is 0 Å². The number of carbonyl (C=O) groups is 1. The lowest BCUT2D eigenvalue weighted by molar-refractivity contribution is 0.0618. The molecule has 29 heavy (non-hydrogen) atoms. The van der Waals surface area contributed by atoms with Crippen LogP contribution in [0, 0.1) is 0 Å². The van der Waals surface area contributed by atoms with Crippen LogP contribution in [-0.2, 0) is 21.3 Å². The third-order valence-electron chi connectivity index (χ3n) is 4.91. The Morgan fingerprint density at radius 1 is 1.10 bits per heavy atom. The van der Waals surface area contributed by atoms with E-state index < -0.39 is 0 Å². The summed E-state index contributed by atoms with van der Waals surface area (Å²) in [5.41, 5.74) is 2.38. The first-order valence-corrected chi connectivity index (χ1v) is 9.72. The third-order valence-corrected chi connectivity index (χ3v) is 4.91. The average molecular weight is 403 g/mol. The Kier molecular flexibility index (Phi) is 7.56. The number of aryl methyl sites for hydroxylation is 1. The zero-order valence-electron chi connectivity index (χ0n) is 17.3. The van der Waals surface area contributed by atoms with E-state index >= 15 is 0 Å². The molecule has 9 nitrogen and oxygen atoms in total. The fourth-order valence-corrected chi connectivity index (χ4v) is 3.21. The van der Waals surface area contributed by atoms with Crippen molar-refractivity contribution in [2.24, 2.45) is 7.05 Å². The van der Waals surface area contributed by atoms with E-state index in [1.807, 2.05) is 23.9 Å². The molecular formula is C20H29N5O4. The number of morpholine rings is 1. The molecule has 0 aliphatic carbocycles. The fourth-order valence-electron chi connectivity index (χ4n) is 3.21. The lowest BCUT2D eigenvalue weighted by Gasteiger charge is -2.26. The first kappa shape index (κ1) is 21.2. The van der Waals surface area contributed by atoms with Crippen molar-refractivity contribution in [3.8, 4) is 11.1 Å². The lowest BCUT2D eigenvalue weighted by Crippen LogP contribution is -2.37. The molecule has 3 rings (SSSR count). The summed E-state index contributed by atoms with van der Waals surface area (Å²) in [5, 5.41) is 0. The Morgan fingerprint density at radius 3 is 2.31 bits per heavy atom. The minimum Gasteiger partial charge on any atom is -0.383 e. The van der Waals surface area contributed by atoms with Crippen molar-refractivity contribution in [2.75, 3.05) is 71.7 Å². The van der Waals surface area contributed by atoms with Crippen LogP contribution in [0.25, 0.3) is 11.1 Å². The summed E-state index contributed by atoms with van der Waals surface area (Å²) < 4.78 is 17.5. The SMILES string of the molecule is COCCN(CCOC)C(=O)c1cc(-c2cnc(N3CCOCC3)nc2)cn1C. The zero-order chi connectivity index (χ0) is 20.6. The minimum atomic E-state index is -0.0568. The van der Waals surface area contributed by atoms with Crippen LogP contribution >= 0.6 is 0 Å². The van der Waals surface area contributed by atoms with Gasteiger partial charge in [0, 0.05) is 77.2 Å². The highest BCUT2D eigenvalue weighted by atomic mass is 16.5. The van der Waals surface area contributed by atoms with Crippen LogP contribution in [0.4, 0.5) is 5.95 Å². The van der Waals surface area contributed by atoms with E-state index in [0.717, 1.165) is 24.2 Å². The number of carbonyl (C=O) groups excluding carboxylic acids is 1. The number of nitrogens with zero attached hydrogens (tertiary/aromatic N) is 5. The first-order valence-electron chi connectivity index (χ1n) is 9.72. The Balaban J connectivity index is 1.75. The molecule has 158 valence electrons. The van der Waals surface area contributed by atoms with Gasteiger partial charge in [-0.25, -0.2) is 9.97 Å². The van der Waals surface area contributed by atoms with E-state index in [2.05, 4.69) is 14.9 Å². The Hall–Kier alpha value is -2.49. The number of methoxy groups -OCH3 is 2. The number of ether oxygens (including phenoxy) is 3. The summed E-state index contributed by atoms with van der Waals surface area (Å²) in [4.78, 5) is 25.9. The van der Waals surface area contributed by atoms with Gasteiger partial charge in [-0.15, -0.1) is 0 Å². The molecule has 1 aliphatic heterocycles. The first-order chi connectivity index (χ1) is 14.1. The normalized spacial score (nSPS) is 14.2. The van der Waals surface area contributed by atoms with Gasteiger partial charge in [-0.3, -0.25) is 4.79 Å². The predicted octanol–water partition coefficient (Wildman–Crippen LogP) is 1.05. The van der Waals surface area contributed by atoms with E-state index in [1.165, 1.54) is 0 Å². The molecule has 0 aromatic carbocycles. The molecule has 0 N–H and O–H groups in total. The maximum Gasteiger partial charge on any atom is 0.270 e. The molecule has 0 saturated carbocycles. The maximum atomic E-state index is 13.0. The van der Waals surface area contributed by atoms with Gasteiger partial charge in [-0.05, 0) is 6.07 Å². The van der Waals surface area contributed by atoms with Crippen LogP contribution in [0.1, 0.15) is 10.5 Å². The van der Waals surface area contributed by atoms with Crippen LogP contribution in [0.15, 0.2) is 24.7 Å². The van der Waals surface area contributed by atoms with Crippen molar-refractivity contribution in [3.63, 3.8) is 0 Å². The summed E-state index contributed by atoms with van der Waals surface area (Å²) in [6.07, 6.45) is 5.52. The molecule has 3 heterocycles. The van der Waals surface area contributed by atoms with Gasteiger partial charge in [0.05, 0.1) is 26.4 Å². The molecular weight excluding hydrogens is 374 g/mol. The number of anilines is 1. The molecule has 9 heteroatoms. The molecule has 2 aromatic heterocycles. The van der Waals surface area contributed by atoms with Crippen LogP contribution in [-0.4, -0.2) is 92.2 Å².